The Morgan fingerprint density at radius 2 is 2.03 bits per heavy atom. The summed E-state index contributed by atoms with van der Waals surface area (Å²) < 4.78 is 13.9. The highest BCUT2D eigenvalue weighted by Crippen LogP contribution is 2.37. The van der Waals surface area contributed by atoms with Crippen molar-refractivity contribution in [1.29, 1.82) is 0 Å². The average molecular weight is 466 g/mol. The number of piperidine rings is 1. The van der Waals surface area contributed by atoms with Crippen LogP contribution in [0.1, 0.15) is 57.4 Å². The average Bonchev–Trinajstić information content (AvgIpc) is 3.08. The number of amides is 4. The van der Waals surface area contributed by atoms with Crippen molar-refractivity contribution in [2.45, 2.75) is 63.8 Å². The molecule has 0 aromatic heterocycles. The number of imide groups is 1. The van der Waals surface area contributed by atoms with E-state index in [-0.39, 0.29) is 36.5 Å². The normalized spacial score (nSPS) is 23.3. The first-order valence-corrected chi connectivity index (χ1v) is 12.2. The summed E-state index contributed by atoms with van der Waals surface area (Å²) in [7, 11) is 0. The van der Waals surface area contributed by atoms with Crippen molar-refractivity contribution < 1.29 is 18.8 Å². The molecule has 6 nitrogen and oxygen atoms in total. The molecule has 1 aromatic rings. The Morgan fingerprint density at radius 3 is 2.71 bits per heavy atom. The molecule has 4 amide bonds. The third kappa shape index (κ3) is 5.01. The molecule has 1 unspecified atom stereocenters. The maximum absolute atomic E-state index is 13.9. The molecule has 1 atom stereocenters. The van der Waals surface area contributed by atoms with E-state index in [1.165, 1.54) is 24.1 Å². The van der Waals surface area contributed by atoms with Gasteiger partial charge >= 0.3 is 6.03 Å². The van der Waals surface area contributed by atoms with Gasteiger partial charge in [-0.3, -0.25) is 14.5 Å². The second-order valence-electron chi connectivity index (χ2n) is 9.47. The Labute approximate surface area is 200 Å². The lowest BCUT2D eigenvalue weighted by Gasteiger charge is -2.41. The van der Waals surface area contributed by atoms with Crippen LogP contribution in [0.25, 0.3) is 0 Å². The molecule has 2 saturated heterocycles. The van der Waals surface area contributed by atoms with Crippen molar-refractivity contribution in [1.82, 2.24) is 15.1 Å². The second-order valence-corrected chi connectivity index (χ2v) is 9.47. The topological polar surface area (TPSA) is 69.7 Å². The van der Waals surface area contributed by atoms with Crippen molar-refractivity contribution in [3.63, 3.8) is 0 Å². The van der Waals surface area contributed by atoms with E-state index in [0.717, 1.165) is 24.2 Å². The number of carbonyl (C=O) groups excluding carboxylic acids is 3. The second kappa shape index (κ2) is 10.4. The van der Waals surface area contributed by atoms with Gasteiger partial charge in [0.15, 0.2) is 0 Å². The highest BCUT2D eigenvalue weighted by atomic mass is 19.1. The van der Waals surface area contributed by atoms with Gasteiger partial charge in [0.25, 0.3) is 5.91 Å². The van der Waals surface area contributed by atoms with Gasteiger partial charge in [-0.2, -0.15) is 0 Å². The zero-order valence-electron chi connectivity index (χ0n) is 19.7. The van der Waals surface area contributed by atoms with Crippen LogP contribution in [-0.2, 0) is 16.0 Å². The zero-order valence-corrected chi connectivity index (χ0v) is 19.7. The van der Waals surface area contributed by atoms with Crippen molar-refractivity contribution in [2.75, 3.05) is 19.6 Å². The lowest BCUT2D eigenvalue weighted by Crippen LogP contribution is -2.58. The molecule has 4 rings (SSSR count). The van der Waals surface area contributed by atoms with Crippen LogP contribution in [0.5, 0.6) is 0 Å². The zero-order chi connectivity index (χ0) is 24.1. The van der Waals surface area contributed by atoms with Crippen molar-refractivity contribution in [3.8, 4) is 11.8 Å². The van der Waals surface area contributed by atoms with Gasteiger partial charge in [-0.25, -0.2) is 9.18 Å². The molecule has 2 aliphatic heterocycles. The Hall–Kier alpha value is -3.14. The standard InChI is InChI=1S/C27H32FN3O3/c1-2-3-14-31-25(33)27(29-26(31)34,19-21-10-7-11-23(28)17-21)22-12-15-30(16-13-22)24(32)18-20-8-5-4-6-9-20/h7-8,10-11,17,22H,4-6,9,12-16,18-19H2,1H3,(H,29,34). The molecular formula is C27H32FN3O3. The molecule has 180 valence electrons. The number of urea groups is 1. The number of nitrogens with one attached hydrogen (secondary N) is 1. The van der Waals surface area contributed by atoms with Gasteiger partial charge in [-0.1, -0.05) is 29.7 Å². The monoisotopic (exact) mass is 465 g/mol. The number of allylic oxidation sites excluding steroid dienone is 1. The number of nitrogens with zero attached hydrogens (tertiary/aromatic N) is 2. The number of halogens is 1. The molecule has 7 heteroatoms. The van der Waals surface area contributed by atoms with Crippen molar-refractivity contribution in [3.05, 3.63) is 47.3 Å². The molecule has 0 radical (unpaired) electrons. The summed E-state index contributed by atoms with van der Waals surface area (Å²) >= 11 is 0. The maximum Gasteiger partial charge on any atom is 0.325 e. The van der Waals surface area contributed by atoms with Gasteiger partial charge in [0.2, 0.25) is 5.91 Å². The quantitative estimate of drug-likeness (QED) is 0.395. The molecule has 2 fully saturated rings. The van der Waals surface area contributed by atoms with E-state index in [0.29, 0.717) is 37.9 Å². The first-order valence-electron chi connectivity index (χ1n) is 12.2. The first-order chi connectivity index (χ1) is 16.4. The number of carbonyl (C=O) groups is 3. The van der Waals surface area contributed by atoms with Gasteiger partial charge in [-0.15, -0.1) is 5.92 Å². The fraction of sp³-hybridized carbons (Fsp3) is 0.519. The van der Waals surface area contributed by atoms with Crippen molar-refractivity contribution >= 4 is 17.8 Å². The van der Waals surface area contributed by atoms with E-state index in [4.69, 9.17) is 0 Å². The predicted molar refractivity (Wildman–Crippen MR) is 127 cm³/mol. The molecule has 0 saturated carbocycles. The van der Waals surface area contributed by atoms with Crippen LogP contribution in [0.4, 0.5) is 9.18 Å². The van der Waals surface area contributed by atoms with E-state index < -0.39 is 11.6 Å². The summed E-state index contributed by atoms with van der Waals surface area (Å²) in [6.07, 6.45) is 8.45. The predicted octanol–water partition coefficient (Wildman–Crippen LogP) is 3.81. The Balaban J connectivity index is 1.51. The third-order valence-electron chi connectivity index (χ3n) is 7.30. The van der Waals surface area contributed by atoms with Crippen LogP contribution in [0.3, 0.4) is 0 Å². The number of hydrogen-bond donors (Lipinski definition) is 1. The van der Waals surface area contributed by atoms with Crippen LogP contribution >= 0.6 is 0 Å². The number of hydrogen-bond acceptors (Lipinski definition) is 3. The van der Waals surface area contributed by atoms with E-state index in [2.05, 4.69) is 23.2 Å². The molecule has 2 heterocycles. The smallest absolute Gasteiger partial charge is 0.325 e. The highest BCUT2D eigenvalue weighted by Gasteiger charge is 2.55. The third-order valence-corrected chi connectivity index (χ3v) is 7.30. The van der Waals surface area contributed by atoms with Crippen LogP contribution in [0, 0.1) is 23.6 Å². The molecule has 1 aliphatic carbocycles. The van der Waals surface area contributed by atoms with E-state index in [1.807, 2.05) is 4.90 Å². The van der Waals surface area contributed by atoms with E-state index in [9.17, 15) is 18.8 Å². The van der Waals surface area contributed by atoms with Gasteiger partial charge < -0.3 is 10.2 Å². The van der Waals surface area contributed by atoms with E-state index >= 15 is 0 Å². The Morgan fingerprint density at radius 1 is 1.24 bits per heavy atom. The Bertz CT molecular complexity index is 1050. The molecule has 0 bridgehead atoms. The van der Waals surface area contributed by atoms with Gasteiger partial charge in [-0.05, 0) is 69.1 Å². The lowest BCUT2D eigenvalue weighted by molar-refractivity contribution is -0.135. The van der Waals surface area contributed by atoms with E-state index in [1.54, 1.807) is 19.1 Å². The summed E-state index contributed by atoms with van der Waals surface area (Å²) in [5, 5.41) is 2.96. The fourth-order valence-electron chi connectivity index (χ4n) is 5.45. The molecule has 1 aromatic carbocycles. The SMILES string of the molecule is CC#CCN1C(=O)NC(Cc2cccc(F)c2)(C2CCN(C(=O)CC3=CCCCC3)CC2)C1=O. The minimum Gasteiger partial charge on any atom is -0.342 e. The Kier molecular flexibility index (Phi) is 7.35. The molecule has 1 N–H and O–H groups in total. The summed E-state index contributed by atoms with van der Waals surface area (Å²) in [5.74, 6) is 4.80. The molecular weight excluding hydrogens is 433 g/mol. The molecule has 0 spiro atoms. The highest BCUT2D eigenvalue weighted by molar-refractivity contribution is 6.07. The number of likely N-dealkylation sites (tertiary alicyclic amines) is 1. The maximum atomic E-state index is 13.9. The number of benzene rings is 1. The largest absolute Gasteiger partial charge is 0.342 e. The number of rotatable bonds is 6. The fourth-order valence-corrected chi connectivity index (χ4v) is 5.45. The van der Waals surface area contributed by atoms with Crippen LogP contribution in [-0.4, -0.2) is 52.8 Å². The lowest BCUT2D eigenvalue weighted by atomic mass is 9.73. The minimum absolute atomic E-state index is 0.0263. The summed E-state index contributed by atoms with van der Waals surface area (Å²) in [4.78, 5) is 42.3. The van der Waals surface area contributed by atoms with Gasteiger partial charge in [0.05, 0.1) is 6.54 Å². The summed E-state index contributed by atoms with van der Waals surface area (Å²) in [6.45, 7) is 2.77. The minimum atomic E-state index is -1.17. The summed E-state index contributed by atoms with van der Waals surface area (Å²) in [5.41, 5.74) is 0.716. The molecule has 34 heavy (non-hydrogen) atoms. The van der Waals surface area contributed by atoms with Gasteiger partial charge in [0.1, 0.15) is 11.4 Å². The van der Waals surface area contributed by atoms with Crippen LogP contribution in [0.15, 0.2) is 35.9 Å². The first kappa shape index (κ1) is 24.0. The summed E-state index contributed by atoms with van der Waals surface area (Å²) in [6, 6.07) is 5.69. The molecule has 3 aliphatic rings. The van der Waals surface area contributed by atoms with Crippen molar-refractivity contribution in [2.24, 2.45) is 5.92 Å². The van der Waals surface area contributed by atoms with Crippen LogP contribution in [0.2, 0.25) is 0 Å². The van der Waals surface area contributed by atoms with Crippen LogP contribution < -0.4 is 5.32 Å². The van der Waals surface area contributed by atoms with Gasteiger partial charge in [0, 0.05) is 25.9 Å².